The first-order valence-corrected chi connectivity index (χ1v) is 7.71. The van der Waals surface area contributed by atoms with E-state index in [1.165, 1.54) is 0 Å². The number of ether oxygens (including phenoxy) is 1. The Morgan fingerprint density at radius 2 is 2.11 bits per heavy atom. The number of morpholine rings is 1. The predicted octanol–water partition coefficient (Wildman–Crippen LogP) is -1.16. The number of carbonyl (C=O) groups excluding carboxylic acids is 1. The van der Waals surface area contributed by atoms with Gasteiger partial charge < -0.3 is 15.4 Å². The van der Waals surface area contributed by atoms with Gasteiger partial charge in [0.15, 0.2) is 0 Å². The maximum atomic E-state index is 11.8. The lowest BCUT2D eigenvalue weighted by atomic mass is 10.1. The molecule has 1 rings (SSSR count). The van der Waals surface area contributed by atoms with Crippen LogP contribution in [0.5, 0.6) is 0 Å². The molecule has 0 bridgehead atoms. The van der Waals surface area contributed by atoms with Gasteiger partial charge in [0, 0.05) is 19.6 Å². The smallest absolute Gasteiger partial charge is 0.239 e. The maximum absolute atomic E-state index is 11.8. The highest BCUT2D eigenvalue weighted by atomic mass is 35.5. The van der Waals surface area contributed by atoms with Crippen molar-refractivity contribution in [2.24, 2.45) is 0 Å². The number of hydrogen-bond acceptors (Lipinski definition) is 5. The maximum Gasteiger partial charge on any atom is 0.239 e. The first kappa shape index (κ1) is 18.6. The lowest BCUT2D eigenvalue weighted by Crippen LogP contribution is -2.56. The Balaban J connectivity index is 0.00000324. The van der Waals surface area contributed by atoms with E-state index in [-0.39, 0.29) is 49.3 Å². The van der Waals surface area contributed by atoms with Gasteiger partial charge in [0.1, 0.15) is 6.04 Å². The third-order valence-electron chi connectivity index (χ3n) is 2.73. The Labute approximate surface area is 120 Å². The largest absolute Gasteiger partial charge is 0.375 e. The number of halogens is 1. The molecule has 2 atom stereocenters. The molecule has 1 amide bonds. The number of rotatable bonds is 6. The van der Waals surface area contributed by atoms with E-state index in [1.54, 1.807) is 6.92 Å². The Bertz CT molecular complexity index is 377. The lowest BCUT2D eigenvalue weighted by Gasteiger charge is -2.29. The minimum absolute atomic E-state index is 0. The third kappa shape index (κ3) is 6.53. The molecule has 0 aromatic rings. The molecule has 1 heterocycles. The Morgan fingerprint density at radius 1 is 1.42 bits per heavy atom. The average molecular weight is 316 g/mol. The van der Waals surface area contributed by atoms with Crippen molar-refractivity contribution in [3.05, 3.63) is 0 Å². The van der Waals surface area contributed by atoms with Gasteiger partial charge in [-0.15, -0.1) is 12.4 Å². The summed E-state index contributed by atoms with van der Waals surface area (Å²) in [5.41, 5.74) is 0. The second-order valence-electron chi connectivity index (χ2n) is 4.10. The fourth-order valence-corrected chi connectivity index (χ4v) is 2.25. The first-order valence-electron chi connectivity index (χ1n) is 6.06. The summed E-state index contributed by atoms with van der Waals surface area (Å²) < 4.78 is 30.0. The molecule has 114 valence electrons. The Morgan fingerprint density at radius 3 is 2.68 bits per heavy atom. The van der Waals surface area contributed by atoms with Gasteiger partial charge in [0.2, 0.25) is 15.9 Å². The third-order valence-corrected chi connectivity index (χ3v) is 4.13. The molecule has 0 aromatic heterocycles. The van der Waals surface area contributed by atoms with E-state index < -0.39 is 10.0 Å². The van der Waals surface area contributed by atoms with Crippen molar-refractivity contribution in [2.45, 2.75) is 26.0 Å². The van der Waals surface area contributed by atoms with Crippen molar-refractivity contribution in [1.82, 2.24) is 15.4 Å². The second-order valence-corrected chi connectivity index (χ2v) is 6.19. The number of hydrogen-bond donors (Lipinski definition) is 3. The van der Waals surface area contributed by atoms with Gasteiger partial charge >= 0.3 is 0 Å². The molecule has 0 spiro atoms. The second kappa shape index (κ2) is 8.70. The molecular weight excluding hydrogens is 294 g/mol. The molecule has 0 radical (unpaired) electrons. The fraction of sp³-hybridized carbons (Fsp3) is 0.900. The van der Waals surface area contributed by atoms with Crippen molar-refractivity contribution < 1.29 is 17.9 Å². The number of carbonyl (C=O) groups is 1. The zero-order valence-corrected chi connectivity index (χ0v) is 12.8. The summed E-state index contributed by atoms with van der Waals surface area (Å²) in [5.74, 6) is -0.131. The number of amides is 1. The predicted molar refractivity (Wildman–Crippen MR) is 74.9 cm³/mol. The van der Waals surface area contributed by atoms with Crippen LogP contribution in [0.3, 0.4) is 0 Å². The van der Waals surface area contributed by atoms with Gasteiger partial charge in [-0.25, -0.2) is 13.1 Å². The SMILES string of the molecule is CCS(=O)(=O)NCCNC(=O)[C@H]1NCCO[C@@H]1C.Cl. The lowest BCUT2D eigenvalue weighted by molar-refractivity contribution is -0.128. The summed E-state index contributed by atoms with van der Waals surface area (Å²) >= 11 is 0. The molecule has 1 saturated heterocycles. The number of nitrogens with one attached hydrogen (secondary N) is 3. The summed E-state index contributed by atoms with van der Waals surface area (Å²) in [6, 6.07) is -0.374. The van der Waals surface area contributed by atoms with Gasteiger partial charge in [0.05, 0.1) is 18.5 Å². The van der Waals surface area contributed by atoms with Crippen LogP contribution in [0, 0.1) is 0 Å². The van der Waals surface area contributed by atoms with Crippen LogP contribution in [0.25, 0.3) is 0 Å². The standard InChI is InChI=1S/C10H21N3O4S.ClH/c1-3-18(15,16)13-5-4-12-10(14)9-8(2)17-7-6-11-9;/h8-9,11,13H,3-7H2,1-2H3,(H,12,14);1H/t8-,9+;/m1./s1. The van der Waals surface area contributed by atoms with Gasteiger partial charge in [-0.2, -0.15) is 0 Å². The topological polar surface area (TPSA) is 96.5 Å². The average Bonchev–Trinajstić information content (AvgIpc) is 2.35. The van der Waals surface area contributed by atoms with E-state index in [0.29, 0.717) is 13.2 Å². The minimum atomic E-state index is -3.19. The van der Waals surface area contributed by atoms with E-state index in [4.69, 9.17) is 4.74 Å². The molecule has 1 aliphatic heterocycles. The molecule has 0 aliphatic carbocycles. The Hall–Kier alpha value is -0.410. The quantitative estimate of drug-likeness (QED) is 0.537. The van der Waals surface area contributed by atoms with Crippen molar-refractivity contribution in [3.63, 3.8) is 0 Å². The molecule has 1 aliphatic rings. The van der Waals surface area contributed by atoms with Crippen molar-refractivity contribution in [3.8, 4) is 0 Å². The number of sulfonamides is 1. The van der Waals surface area contributed by atoms with E-state index in [9.17, 15) is 13.2 Å². The highest BCUT2D eigenvalue weighted by Gasteiger charge is 2.27. The van der Waals surface area contributed by atoms with Crippen LogP contribution in [-0.2, 0) is 19.6 Å². The first-order chi connectivity index (χ1) is 8.46. The van der Waals surface area contributed by atoms with Crippen LogP contribution in [0.2, 0.25) is 0 Å². The van der Waals surface area contributed by atoms with Crippen LogP contribution in [-0.4, -0.2) is 58.5 Å². The minimum Gasteiger partial charge on any atom is -0.375 e. The summed E-state index contributed by atoms with van der Waals surface area (Å²) in [7, 11) is -3.19. The van der Waals surface area contributed by atoms with Gasteiger partial charge in [0.25, 0.3) is 0 Å². The summed E-state index contributed by atoms with van der Waals surface area (Å²) in [4.78, 5) is 11.8. The van der Waals surface area contributed by atoms with Gasteiger partial charge in [-0.3, -0.25) is 4.79 Å². The zero-order chi connectivity index (χ0) is 13.6. The molecule has 0 saturated carbocycles. The molecule has 19 heavy (non-hydrogen) atoms. The molecule has 7 nitrogen and oxygen atoms in total. The van der Waals surface area contributed by atoms with E-state index in [0.717, 1.165) is 0 Å². The highest BCUT2D eigenvalue weighted by molar-refractivity contribution is 7.89. The van der Waals surface area contributed by atoms with Crippen LogP contribution < -0.4 is 15.4 Å². The van der Waals surface area contributed by atoms with E-state index in [2.05, 4.69) is 15.4 Å². The van der Waals surface area contributed by atoms with Gasteiger partial charge in [-0.1, -0.05) is 0 Å². The summed E-state index contributed by atoms with van der Waals surface area (Å²) in [6.45, 7) is 5.10. The van der Waals surface area contributed by atoms with E-state index >= 15 is 0 Å². The Kier molecular flexibility index (Phi) is 8.51. The normalized spacial score (nSPS) is 23.5. The van der Waals surface area contributed by atoms with Crippen LogP contribution >= 0.6 is 12.4 Å². The van der Waals surface area contributed by atoms with Crippen molar-refractivity contribution in [2.75, 3.05) is 32.0 Å². The monoisotopic (exact) mass is 315 g/mol. The van der Waals surface area contributed by atoms with Crippen molar-refractivity contribution >= 4 is 28.3 Å². The molecule has 1 fully saturated rings. The summed E-state index contributed by atoms with van der Waals surface area (Å²) in [5, 5.41) is 5.73. The highest BCUT2D eigenvalue weighted by Crippen LogP contribution is 2.03. The molecule has 9 heteroatoms. The van der Waals surface area contributed by atoms with Gasteiger partial charge in [-0.05, 0) is 13.8 Å². The van der Waals surface area contributed by atoms with Crippen LogP contribution in [0.4, 0.5) is 0 Å². The fourth-order valence-electron chi connectivity index (χ4n) is 1.63. The molecular formula is C10H22ClN3O4S. The molecule has 3 N–H and O–H groups in total. The summed E-state index contributed by atoms with van der Waals surface area (Å²) in [6.07, 6.45) is -0.175. The van der Waals surface area contributed by atoms with E-state index in [1.807, 2.05) is 6.92 Å². The molecule has 0 unspecified atom stereocenters. The van der Waals surface area contributed by atoms with Crippen molar-refractivity contribution in [1.29, 1.82) is 0 Å². The van der Waals surface area contributed by atoms with Crippen LogP contribution in [0.15, 0.2) is 0 Å². The van der Waals surface area contributed by atoms with Crippen LogP contribution in [0.1, 0.15) is 13.8 Å². The molecule has 0 aromatic carbocycles. The zero-order valence-electron chi connectivity index (χ0n) is 11.1.